The summed E-state index contributed by atoms with van der Waals surface area (Å²) in [5.41, 5.74) is 5.24. The molecule has 0 atom stereocenters. The minimum Gasteiger partial charge on any atom is -0.489 e. The number of thiazole rings is 1. The maximum absolute atomic E-state index is 6.19. The largest absolute Gasteiger partial charge is 0.489 e. The number of likely N-dealkylation sites (N-methyl/N-ethyl adjacent to an activating group) is 1. The van der Waals surface area contributed by atoms with E-state index in [4.69, 9.17) is 22.2 Å². The van der Waals surface area contributed by atoms with E-state index in [2.05, 4.69) is 15.3 Å². The molecule has 7 heteroatoms. The van der Waals surface area contributed by atoms with Crippen LogP contribution in [0.4, 0.5) is 10.8 Å². The minimum atomic E-state index is 0.657. The van der Waals surface area contributed by atoms with Gasteiger partial charge < -0.3 is 9.64 Å². The molecule has 1 aromatic heterocycles. The number of nitrogens with two attached hydrogens (primary N) is 1. The average molecular weight is 297 g/mol. The standard InChI is InChI=1S/C12H13ClN4OS/c1-17-2-3-18-11-8(4-7(13)5-10(11)17)9-6-19-12(15-9)16-14/h4-6H,2-3,14H2,1H3,(H,15,16). The lowest BCUT2D eigenvalue weighted by molar-refractivity contribution is 0.312. The van der Waals surface area contributed by atoms with Crippen LogP contribution in [-0.4, -0.2) is 25.2 Å². The van der Waals surface area contributed by atoms with Gasteiger partial charge in [-0.3, -0.25) is 5.43 Å². The van der Waals surface area contributed by atoms with Crippen LogP contribution in [0.15, 0.2) is 17.5 Å². The molecule has 1 aromatic carbocycles. The maximum atomic E-state index is 6.19. The second-order valence-corrected chi connectivity index (χ2v) is 5.55. The van der Waals surface area contributed by atoms with Gasteiger partial charge in [-0.25, -0.2) is 10.8 Å². The Hall–Kier alpha value is -1.50. The lowest BCUT2D eigenvalue weighted by Crippen LogP contribution is -2.29. The van der Waals surface area contributed by atoms with E-state index in [9.17, 15) is 0 Å². The summed E-state index contributed by atoms with van der Waals surface area (Å²) in [5, 5.41) is 3.26. The Balaban J connectivity index is 2.15. The third kappa shape index (κ3) is 2.22. The van der Waals surface area contributed by atoms with E-state index in [1.165, 1.54) is 11.3 Å². The van der Waals surface area contributed by atoms with E-state index in [1.54, 1.807) is 0 Å². The highest BCUT2D eigenvalue weighted by molar-refractivity contribution is 7.14. The Morgan fingerprint density at radius 2 is 2.37 bits per heavy atom. The first-order chi connectivity index (χ1) is 9.19. The van der Waals surface area contributed by atoms with Crippen molar-refractivity contribution in [2.24, 2.45) is 5.84 Å². The number of nitrogens with one attached hydrogen (secondary N) is 1. The Labute approximate surface area is 119 Å². The quantitative estimate of drug-likeness (QED) is 0.659. The zero-order valence-electron chi connectivity index (χ0n) is 10.3. The van der Waals surface area contributed by atoms with E-state index in [1.807, 2.05) is 24.6 Å². The van der Waals surface area contributed by atoms with E-state index < -0.39 is 0 Å². The zero-order valence-corrected chi connectivity index (χ0v) is 11.9. The van der Waals surface area contributed by atoms with Gasteiger partial charge in [0, 0.05) is 23.0 Å². The van der Waals surface area contributed by atoms with Gasteiger partial charge in [-0.15, -0.1) is 11.3 Å². The number of ether oxygens (including phenoxy) is 1. The highest BCUT2D eigenvalue weighted by Crippen LogP contribution is 2.42. The molecule has 3 rings (SSSR count). The highest BCUT2D eigenvalue weighted by atomic mass is 35.5. The molecule has 19 heavy (non-hydrogen) atoms. The van der Waals surface area contributed by atoms with Crippen LogP contribution in [-0.2, 0) is 0 Å². The first kappa shape index (κ1) is 12.5. The van der Waals surface area contributed by atoms with Crippen molar-refractivity contribution >= 4 is 33.8 Å². The van der Waals surface area contributed by atoms with Gasteiger partial charge in [-0.05, 0) is 12.1 Å². The summed E-state index contributed by atoms with van der Waals surface area (Å²) in [6, 6.07) is 3.78. The molecule has 0 fully saturated rings. The Bertz CT molecular complexity index is 616. The molecule has 5 nitrogen and oxygen atoms in total. The monoisotopic (exact) mass is 296 g/mol. The molecule has 0 aliphatic carbocycles. The lowest BCUT2D eigenvalue weighted by Gasteiger charge is -2.29. The van der Waals surface area contributed by atoms with Gasteiger partial charge in [0.2, 0.25) is 0 Å². The Kier molecular flexibility index (Phi) is 3.22. The highest BCUT2D eigenvalue weighted by Gasteiger charge is 2.21. The molecule has 0 spiro atoms. The molecule has 0 radical (unpaired) electrons. The van der Waals surface area contributed by atoms with Crippen molar-refractivity contribution in [3.05, 3.63) is 22.5 Å². The van der Waals surface area contributed by atoms with Crippen LogP contribution in [0.1, 0.15) is 0 Å². The average Bonchev–Trinajstić information content (AvgIpc) is 2.88. The predicted molar refractivity (Wildman–Crippen MR) is 79.1 cm³/mol. The zero-order chi connectivity index (χ0) is 13.4. The predicted octanol–water partition coefficient (Wildman–Crippen LogP) is 2.58. The molecular weight excluding hydrogens is 284 g/mol. The fourth-order valence-corrected chi connectivity index (χ4v) is 2.91. The molecular formula is C12H13ClN4OS. The minimum absolute atomic E-state index is 0.657. The van der Waals surface area contributed by atoms with Crippen molar-refractivity contribution in [2.75, 3.05) is 30.5 Å². The summed E-state index contributed by atoms with van der Waals surface area (Å²) in [4.78, 5) is 6.53. The molecule has 2 heterocycles. The van der Waals surface area contributed by atoms with Gasteiger partial charge in [0.25, 0.3) is 0 Å². The van der Waals surface area contributed by atoms with Crippen LogP contribution in [0.3, 0.4) is 0 Å². The topological polar surface area (TPSA) is 63.4 Å². The first-order valence-electron chi connectivity index (χ1n) is 5.79. The van der Waals surface area contributed by atoms with Crippen LogP contribution >= 0.6 is 22.9 Å². The second kappa shape index (κ2) is 4.88. The van der Waals surface area contributed by atoms with Gasteiger partial charge in [0.15, 0.2) is 10.9 Å². The van der Waals surface area contributed by atoms with E-state index in [-0.39, 0.29) is 0 Å². The molecule has 1 aliphatic rings. The van der Waals surface area contributed by atoms with Crippen LogP contribution in [0.25, 0.3) is 11.3 Å². The number of benzene rings is 1. The van der Waals surface area contributed by atoms with Crippen molar-refractivity contribution in [2.45, 2.75) is 0 Å². The number of halogens is 1. The van der Waals surface area contributed by atoms with Crippen LogP contribution in [0, 0.1) is 0 Å². The molecule has 1 aliphatic heterocycles. The van der Waals surface area contributed by atoms with Crippen molar-refractivity contribution in [1.82, 2.24) is 4.98 Å². The number of fused-ring (bicyclic) bond motifs is 1. The summed E-state index contributed by atoms with van der Waals surface area (Å²) in [6.07, 6.45) is 0. The lowest BCUT2D eigenvalue weighted by atomic mass is 10.1. The Morgan fingerprint density at radius 1 is 1.53 bits per heavy atom. The van der Waals surface area contributed by atoms with Crippen molar-refractivity contribution < 1.29 is 4.74 Å². The Morgan fingerprint density at radius 3 is 3.11 bits per heavy atom. The summed E-state index contributed by atoms with van der Waals surface area (Å²) >= 11 is 7.63. The van der Waals surface area contributed by atoms with Gasteiger partial charge in [-0.2, -0.15) is 0 Å². The smallest absolute Gasteiger partial charge is 0.197 e. The summed E-state index contributed by atoms with van der Waals surface area (Å²) in [7, 11) is 2.02. The number of anilines is 2. The molecule has 0 unspecified atom stereocenters. The molecule has 0 saturated carbocycles. The molecule has 2 aromatic rings. The number of hydrogen-bond acceptors (Lipinski definition) is 6. The van der Waals surface area contributed by atoms with Gasteiger partial charge in [0.05, 0.1) is 17.9 Å². The normalized spacial score (nSPS) is 13.9. The molecule has 100 valence electrons. The number of nitrogens with zero attached hydrogens (tertiary/aromatic N) is 2. The second-order valence-electron chi connectivity index (χ2n) is 4.25. The number of hydrogen-bond donors (Lipinski definition) is 2. The first-order valence-corrected chi connectivity index (χ1v) is 7.05. The van der Waals surface area contributed by atoms with E-state index in [0.717, 1.165) is 29.2 Å². The van der Waals surface area contributed by atoms with Crippen LogP contribution in [0.5, 0.6) is 5.75 Å². The van der Waals surface area contributed by atoms with Crippen LogP contribution < -0.4 is 20.9 Å². The van der Waals surface area contributed by atoms with Gasteiger partial charge >= 0.3 is 0 Å². The summed E-state index contributed by atoms with van der Waals surface area (Å²) in [6.45, 7) is 1.50. The van der Waals surface area contributed by atoms with Crippen molar-refractivity contribution in [3.63, 3.8) is 0 Å². The van der Waals surface area contributed by atoms with Crippen molar-refractivity contribution in [1.29, 1.82) is 0 Å². The van der Waals surface area contributed by atoms with Crippen LogP contribution in [0.2, 0.25) is 5.02 Å². The third-order valence-electron chi connectivity index (χ3n) is 3.02. The van der Waals surface area contributed by atoms with E-state index >= 15 is 0 Å². The number of aromatic nitrogens is 1. The van der Waals surface area contributed by atoms with Gasteiger partial charge in [0.1, 0.15) is 6.61 Å². The maximum Gasteiger partial charge on any atom is 0.197 e. The molecule has 3 N–H and O–H groups in total. The fraction of sp³-hybridized carbons (Fsp3) is 0.250. The fourth-order valence-electron chi connectivity index (χ4n) is 2.07. The van der Waals surface area contributed by atoms with Gasteiger partial charge in [-0.1, -0.05) is 11.6 Å². The summed E-state index contributed by atoms with van der Waals surface area (Å²) < 4.78 is 5.79. The SMILES string of the molecule is CN1CCOc2c(-c3csc(NN)n3)cc(Cl)cc21. The molecule has 0 amide bonds. The van der Waals surface area contributed by atoms with Crippen molar-refractivity contribution in [3.8, 4) is 17.0 Å². The number of rotatable bonds is 2. The summed E-state index contributed by atoms with van der Waals surface area (Å²) in [5.74, 6) is 6.19. The van der Waals surface area contributed by atoms with E-state index in [0.29, 0.717) is 16.8 Å². The number of nitrogen functional groups attached to an aromatic ring is 1. The third-order valence-corrected chi connectivity index (χ3v) is 4.01. The molecule has 0 saturated heterocycles. The number of hydrazine groups is 1. The molecule has 0 bridgehead atoms.